The number of hydrogen-bond donors (Lipinski definition) is 0. The summed E-state index contributed by atoms with van der Waals surface area (Å²) in [6.07, 6.45) is 1.41. The topological polar surface area (TPSA) is 46.6 Å². The van der Waals surface area contributed by atoms with Crippen LogP contribution in [0.2, 0.25) is 0 Å². The molecule has 0 N–H and O–H groups in total. The summed E-state index contributed by atoms with van der Waals surface area (Å²) in [6, 6.07) is 7.87. The second-order valence-electron chi connectivity index (χ2n) is 5.05. The van der Waals surface area contributed by atoms with Gasteiger partial charge in [0, 0.05) is 16.6 Å². The molecule has 1 fully saturated rings. The molecule has 0 spiro atoms. The highest BCUT2D eigenvalue weighted by Crippen LogP contribution is 2.23. The summed E-state index contributed by atoms with van der Waals surface area (Å²) < 4.78 is 0. The number of carbonyl (C=O) groups excluding carboxylic acids is 2. The Balaban J connectivity index is 1.86. The Labute approximate surface area is 123 Å². The predicted octanol–water partition coefficient (Wildman–Crippen LogP) is 2.81. The number of amides is 1. The van der Waals surface area contributed by atoms with Crippen LogP contribution in [0.1, 0.15) is 32.3 Å². The first-order valence-electron chi connectivity index (χ1n) is 6.81. The Morgan fingerprint density at radius 1 is 1.35 bits per heavy atom. The first-order valence-corrected chi connectivity index (χ1v) is 7.69. The van der Waals surface area contributed by atoms with E-state index in [0.717, 1.165) is 12.0 Å². The summed E-state index contributed by atoms with van der Waals surface area (Å²) in [5, 5.41) is 1.71. The average molecular weight is 293 g/mol. The van der Waals surface area contributed by atoms with Crippen molar-refractivity contribution in [2.75, 3.05) is 6.54 Å². The average Bonchev–Trinajstić information content (AvgIpc) is 2.77. The maximum Gasteiger partial charge on any atom is 0.336 e. The number of thioether (sulfide) groups is 1. The number of carbonyl (C=O) groups is 2. The Hall–Kier alpha value is -1.49. The smallest absolute Gasteiger partial charge is 0.336 e. The van der Waals surface area contributed by atoms with E-state index in [1.165, 1.54) is 9.96 Å². The van der Waals surface area contributed by atoms with Gasteiger partial charge < -0.3 is 4.84 Å². The zero-order valence-corrected chi connectivity index (χ0v) is 12.6. The van der Waals surface area contributed by atoms with E-state index in [1.807, 2.05) is 24.3 Å². The fraction of sp³-hybridized carbons (Fsp3) is 0.467. The van der Waals surface area contributed by atoms with E-state index in [9.17, 15) is 9.59 Å². The maximum atomic E-state index is 11.8. The van der Waals surface area contributed by atoms with Gasteiger partial charge in [0.1, 0.15) is 0 Å². The van der Waals surface area contributed by atoms with E-state index >= 15 is 0 Å². The molecule has 0 saturated carbocycles. The van der Waals surface area contributed by atoms with Gasteiger partial charge >= 0.3 is 5.97 Å². The van der Waals surface area contributed by atoms with Crippen LogP contribution in [-0.4, -0.2) is 28.7 Å². The lowest BCUT2D eigenvalue weighted by Crippen LogP contribution is -2.29. The van der Waals surface area contributed by atoms with Crippen molar-refractivity contribution in [3.8, 4) is 0 Å². The predicted molar refractivity (Wildman–Crippen MR) is 78.2 cm³/mol. The maximum absolute atomic E-state index is 11.8. The SMILES string of the molecule is CC(C)Sc1ccc(CC(=O)ON2CCCC2=O)cc1. The van der Waals surface area contributed by atoms with Crippen molar-refractivity contribution in [2.24, 2.45) is 0 Å². The molecule has 0 atom stereocenters. The normalized spacial score (nSPS) is 14.9. The van der Waals surface area contributed by atoms with Gasteiger partial charge in [-0.25, -0.2) is 4.79 Å². The van der Waals surface area contributed by atoms with E-state index < -0.39 is 0 Å². The van der Waals surface area contributed by atoms with Crippen molar-refractivity contribution in [2.45, 2.75) is 43.3 Å². The van der Waals surface area contributed by atoms with E-state index in [0.29, 0.717) is 18.2 Å². The Kier molecular flexibility index (Phi) is 5.06. The summed E-state index contributed by atoms with van der Waals surface area (Å²) in [5.41, 5.74) is 0.898. The molecule has 0 unspecified atom stereocenters. The van der Waals surface area contributed by atoms with E-state index in [-0.39, 0.29) is 18.3 Å². The van der Waals surface area contributed by atoms with Crippen LogP contribution in [-0.2, 0) is 20.8 Å². The van der Waals surface area contributed by atoms with Crippen LogP contribution in [0.15, 0.2) is 29.2 Å². The monoisotopic (exact) mass is 293 g/mol. The van der Waals surface area contributed by atoms with Crippen LogP contribution in [0.5, 0.6) is 0 Å². The molecule has 1 aliphatic heterocycles. The molecule has 1 heterocycles. The van der Waals surface area contributed by atoms with Crippen molar-refractivity contribution in [1.82, 2.24) is 5.06 Å². The van der Waals surface area contributed by atoms with Crippen LogP contribution in [0, 0.1) is 0 Å². The number of hydroxylamine groups is 2. The van der Waals surface area contributed by atoms with Crippen molar-refractivity contribution in [3.05, 3.63) is 29.8 Å². The lowest BCUT2D eigenvalue weighted by Gasteiger charge is -2.14. The van der Waals surface area contributed by atoms with Gasteiger partial charge in [-0.2, -0.15) is 5.06 Å². The standard InChI is InChI=1S/C15H19NO3S/c1-11(2)20-13-7-5-12(6-8-13)10-15(18)19-16-9-3-4-14(16)17/h5-8,11H,3-4,9-10H2,1-2H3. The highest BCUT2D eigenvalue weighted by atomic mass is 32.2. The molecule has 1 saturated heterocycles. The van der Waals surface area contributed by atoms with E-state index in [2.05, 4.69) is 13.8 Å². The third-order valence-electron chi connectivity index (χ3n) is 2.89. The molecular formula is C15H19NO3S. The number of rotatable bonds is 5. The molecule has 1 aromatic carbocycles. The van der Waals surface area contributed by atoms with Gasteiger partial charge in [-0.1, -0.05) is 26.0 Å². The molecule has 20 heavy (non-hydrogen) atoms. The van der Waals surface area contributed by atoms with Gasteiger partial charge in [0.2, 0.25) is 0 Å². The Bertz CT molecular complexity index is 484. The second-order valence-corrected chi connectivity index (χ2v) is 6.70. The van der Waals surface area contributed by atoms with Gasteiger partial charge in [-0.15, -0.1) is 11.8 Å². The highest BCUT2D eigenvalue weighted by Gasteiger charge is 2.24. The molecule has 1 aromatic rings. The lowest BCUT2D eigenvalue weighted by molar-refractivity contribution is -0.192. The minimum Gasteiger partial charge on any atom is -0.338 e. The molecule has 2 rings (SSSR count). The van der Waals surface area contributed by atoms with E-state index in [4.69, 9.17) is 4.84 Å². The van der Waals surface area contributed by atoms with Gasteiger partial charge in [-0.05, 0) is 24.1 Å². The molecule has 0 aromatic heterocycles. The molecule has 0 aliphatic carbocycles. The lowest BCUT2D eigenvalue weighted by atomic mass is 10.2. The van der Waals surface area contributed by atoms with E-state index in [1.54, 1.807) is 11.8 Å². The van der Waals surface area contributed by atoms with Gasteiger partial charge in [-0.3, -0.25) is 4.79 Å². The molecule has 0 bridgehead atoms. The van der Waals surface area contributed by atoms with Gasteiger partial charge in [0.15, 0.2) is 0 Å². The van der Waals surface area contributed by atoms with Crippen LogP contribution in [0.25, 0.3) is 0 Å². The molecule has 108 valence electrons. The quantitative estimate of drug-likeness (QED) is 0.783. The molecule has 0 radical (unpaired) electrons. The fourth-order valence-electron chi connectivity index (χ4n) is 2.00. The number of nitrogens with zero attached hydrogens (tertiary/aromatic N) is 1. The fourth-order valence-corrected chi connectivity index (χ4v) is 2.84. The molecule has 1 aliphatic rings. The van der Waals surface area contributed by atoms with Crippen LogP contribution >= 0.6 is 11.8 Å². The largest absolute Gasteiger partial charge is 0.338 e. The van der Waals surface area contributed by atoms with Crippen molar-refractivity contribution < 1.29 is 14.4 Å². The van der Waals surface area contributed by atoms with Crippen LogP contribution in [0.4, 0.5) is 0 Å². The third kappa shape index (κ3) is 4.27. The minimum atomic E-state index is -0.385. The molecule has 4 nitrogen and oxygen atoms in total. The van der Waals surface area contributed by atoms with Crippen LogP contribution in [0.3, 0.4) is 0 Å². The Morgan fingerprint density at radius 2 is 2.05 bits per heavy atom. The molecular weight excluding hydrogens is 274 g/mol. The first-order chi connectivity index (χ1) is 9.54. The second kappa shape index (κ2) is 6.79. The summed E-state index contributed by atoms with van der Waals surface area (Å²) in [4.78, 5) is 29.4. The first kappa shape index (κ1) is 14.9. The van der Waals surface area contributed by atoms with Gasteiger partial charge in [0.05, 0.1) is 13.0 Å². The summed E-state index contributed by atoms with van der Waals surface area (Å²) in [5.74, 6) is -0.494. The highest BCUT2D eigenvalue weighted by molar-refractivity contribution is 7.99. The van der Waals surface area contributed by atoms with Gasteiger partial charge in [0.25, 0.3) is 5.91 Å². The number of hydrogen-bond acceptors (Lipinski definition) is 4. The van der Waals surface area contributed by atoms with Crippen molar-refractivity contribution in [1.29, 1.82) is 0 Å². The van der Waals surface area contributed by atoms with Crippen molar-refractivity contribution >= 4 is 23.6 Å². The molecule has 1 amide bonds. The van der Waals surface area contributed by atoms with Crippen molar-refractivity contribution in [3.63, 3.8) is 0 Å². The minimum absolute atomic E-state index is 0.109. The number of benzene rings is 1. The molecule has 5 heteroatoms. The zero-order valence-electron chi connectivity index (χ0n) is 11.8. The van der Waals surface area contributed by atoms with Crippen LogP contribution < -0.4 is 0 Å². The zero-order chi connectivity index (χ0) is 14.5. The Morgan fingerprint density at radius 3 is 2.60 bits per heavy atom. The third-order valence-corrected chi connectivity index (χ3v) is 3.90. The summed E-state index contributed by atoms with van der Waals surface area (Å²) >= 11 is 1.78. The summed E-state index contributed by atoms with van der Waals surface area (Å²) in [6.45, 7) is 4.79. The summed E-state index contributed by atoms with van der Waals surface area (Å²) in [7, 11) is 0.